The summed E-state index contributed by atoms with van der Waals surface area (Å²) in [6.07, 6.45) is 2.58. The molecule has 0 bridgehead atoms. The van der Waals surface area contributed by atoms with Gasteiger partial charge in [0.25, 0.3) is 0 Å². The number of anilines is 1. The number of alkyl halides is 1. The normalized spacial score (nSPS) is 10.8. The van der Waals surface area contributed by atoms with Gasteiger partial charge >= 0.3 is 6.09 Å². The molecular formula is C20H15ClN4O3S. The molecular weight excluding hydrogens is 412 g/mol. The SMILES string of the molecule is O=C(Nc1cccc(-c2ccnc3c(C(=O)c4cccs4)cnn23)c1)OCCCl. The molecule has 0 fully saturated rings. The number of hydrogen-bond donors (Lipinski definition) is 1. The van der Waals surface area contributed by atoms with Crippen molar-refractivity contribution >= 4 is 46.1 Å². The van der Waals surface area contributed by atoms with E-state index < -0.39 is 6.09 Å². The van der Waals surface area contributed by atoms with Crippen LogP contribution in [0.5, 0.6) is 0 Å². The molecule has 7 nitrogen and oxygen atoms in total. The molecule has 0 saturated heterocycles. The maximum Gasteiger partial charge on any atom is 0.411 e. The van der Waals surface area contributed by atoms with Crippen LogP contribution < -0.4 is 5.32 Å². The second kappa shape index (κ2) is 8.42. The van der Waals surface area contributed by atoms with E-state index in [4.69, 9.17) is 16.3 Å². The summed E-state index contributed by atoms with van der Waals surface area (Å²) in [5, 5.41) is 8.88. The first-order chi connectivity index (χ1) is 14.2. The van der Waals surface area contributed by atoms with Gasteiger partial charge in [-0.05, 0) is 29.6 Å². The Kier molecular flexibility index (Phi) is 5.55. The molecule has 0 aliphatic rings. The second-order valence-corrected chi connectivity index (χ2v) is 7.29. The number of nitrogens with one attached hydrogen (secondary N) is 1. The Bertz CT molecular complexity index is 1170. The fourth-order valence-corrected chi connectivity index (χ4v) is 3.61. The van der Waals surface area contributed by atoms with Gasteiger partial charge in [-0.1, -0.05) is 18.2 Å². The second-order valence-electron chi connectivity index (χ2n) is 5.96. The molecule has 3 heterocycles. The summed E-state index contributed by atoms with van der Waals surface area (Å²) in [5.41, 5.74) is 3.01. The molecule has 0 aliphatic carbocycles. The van der Waals surface area contributed by atoms with Gasteiger partial charge < -0.3 is 4.74 Å². The molecule has 0 saturated carbocycles. The van der Waals surface area contributed by atoms with Gasteiger partial charge in [-0.25, -0.2) is 14.3 Å². The van der Waals surface area contributed by atoms with E-state index in [1.54, 1.807) is 41.0 Å². The van der Waals surface area contributed by atoms with Gasteiger partial charge in [0.1, 0.15) is 6.61 Å². The molecule has 0 spiro atoms. The molecule has 9 heteroatoms. The van der Waals surface area contributed by atoms with Crippen LogP contribution in [-0.2, 0) is 4.74 Å². The van der Waals surface area contributed by atoms with E-state index in [0.717, 1.165) is 11.3 Å². The molecule has 3 aromatic heterocycles. The number of ketones is 1. The zero-order valence-electron chi connectivity index (χ0n) is 15.0. The predicted molar refractivity (Wildman–Crippen MR) is 112 cm³/mol. The molecule has 146 valence electrons. The lowest BCUT2D eigenvalue weighted by molar-refractivity contribution is 0.104. The third-order valence-electron chi connectivity index (χ3n) is 4.11. The minimum Gasteiger partial charge on any atom is -0.448 e. The molecule has 1 aromatic carbocycles. The predicted octanol–water partition coefficient (Wildman–Crippen LogP) is 4.48. The van der Waals surface area contributed by atoms with Crippen molar-refractivity contribution in [2.75, 3.05) is 17.8 Å². The maximum absolute atomic E-state index is 12.7. The highest BCUT2D eigenvalue weighted by molar-refractivity contribution is 7.12. The van der Waals surface area contributed by atoms with Crippen molar-refractivity contribution in [3.8, 4) is 11.3 Å². The largest absolute Gasteiger partial charge is 0.448 e. The van der Waals surface area contributed by atoms with Crippen LogP contribution >= 0.6 is 22.9 Å². The number of carbonyl (C=O) groups excluding carboxylic acids is 2. The van der Waals surface area contributed by atoms with Crippen LogP contribution in [0.4, 0.5) is 10.5 Å². The lowest BCUT2D eigenvalue weighted by Crippen LogP contribution is -2.14. The molecule has 0 radical (unpaired) electrons. The van der Waals surface area contributed by atoms with Gasteiger partial charge in [-0.15, -0.1) is 22.9 Å². The van der Waals surface area contributed by atoms with Crippen LogP contribution in [0.25, 0.3) is 16.9 Å². The number of nitrogens with zero attached hydrogens (tertiary/aromatic N) is 3. The van der Waals surface area contributed by atoms with Crippen molar-refractivity contribution < 1.29 is 14.3 Å². The minimum absolute atomic E-state index is 0.114. The monoisotopic (exact) mass is 426 g/mol. The number of rotatable bonds is 6. The van der Waals surface area contributed by atoms with Gasteiger partial charge in [-0.3, -0.25) is 10.1 Å². The van der Waals surface area contributed by atoms with E-state index >= 15 is 0 Å². The first kappa shape index (κ1) is 19.1. The average Bonchev–Trinajstić information content (AvgIpc) is 3.42. The van der Waals surface area contributed by atoms with Crippen LogP contribution in [0.3, 0.4) is 0 Å². The number of thiophene rings is 1. The number of aromatic nitrogens is 3. The topological polar surface area (TPSA) is 85.6 Å². The lowest BCUT2D eigenvalue weighted by Gasteiger charge is -2.09. The number of ether oxygens (including phenoxy) is 1. The van der Waals surface area contributed by atoms with Gasteiger partial charge in [-0.2, -0.15) is 5.10 Å². The number of amides is 1. The van der Waals surface area contributed by atoms with Crippen LogP contribution in [0, 0.1) is 0 Å². The molecule has 1 amide bonds. The summed E-state index contributed by atoms with van der Waals surface area (Å²) in [5.74, 6) is 0.117. The maximum atomic E-state index is 12.7. The van der Waals surface area contributed by atoms with E-state index in [0.29, 0.717) is 21.8 Å². The molecule has 0 aliphatic heterocycles. The highest BCUT2D eigenvalue weighted by Gasteiger charge is 2.18. The highest BCUT2D eigenvalue weighted by atomic mass is 35.5. The smallest absolute Gasteiger partial charge is 0.411 e. The van der Waals surface area contributed by atoms with Crippen LogP contribution in [0.2, 0.25) is 0 Å². The Morgan fingerprint density at radius 3 is 2.90 bits per heavy atom. The molecule has 29 heavy (non-hydrogen) atoms. The summed E-state index contributed by atoms with van der Waals surface area (Å²) < 4.78 is 6.55. The van der Waals surface area contributed by atoms with Gasteiger partial charge in [0.15, 0.2) is 5.65 Å². The number of hydrogen-bond acceptors (Lipinski definition) is 6. The summed E-state index contributed by atoms with van der Waals surface area (Å²) in [6, 6.07) is 12.6. The van der Waals surface area contributed by atoms with E-state index in [1.165, 1.54) is 17.5 Å². The van der Waals surface area contributed by atoms with Crippen LogP contribution in [0.1, 0.15) is 15.2 Å². The average molecular weight is 427 g/mol. The standard InChI is InChI=1S/C20H15ClN4O3S/c21-7-9-28-20(27)24-14-4-1-3-13(11-14)16-6-8-22-19-15(12-23-25(16)19)18(26)17-5-2-10-29-17/h1-6,8,10-12H,7,9H2,(H,24,27). The van der Waals surface area contributed by atoms with Crippen molar-refractivity contribution in [2.45, 2.75) is 0 Å². The van der Waals surface area contributed by atoms with Crippen molar-refractivity contribution in [3.63, 3.8) is 0 Å². The third kappa shape index (κ3) is 3.98. The fourth-order valence-electron chi connectivity index (χ4n) is 2.85. The summed E-state index contributed by atoms with van der Waals surface area (Å²) in [6.45, 7) is 0.131. The van der Waals surface area contributed by atoms with Crippen molar-refractivity contribution in [3.05, 3.63) is 70.7 Å². The van der Waals surface area contributed by atoms with E-state index in [2.05, 4.69) is 15.4 Å². The minimum atomic E-state index is -0.578. The number of halogens is 1. The zero-order valence-corrected chi connectivity index (χ0v) is 16.6. The molecule has 0 unspecified atom stereocenters. The number of carbonyl (C=O) groups is 2. The van der Waals surface area contributed by atoms with Crippen molar-refractivity contribution in [1.82, 2.24) is 14.6 Å². The number of benzene rings is 1. The van der Waals surface area contributed by atoms with Crippen LogP contribution in [-0.4, -0.2) is 39.0 Å². The lowest BCUT2D eigenvalue weighted by atomic mass is 10.1. The van der Waals surface area contributed by atoms with E-state index in [9.17, 15) is 9.59 Å². The third-order valence-corrected chi connectivity index (χ3v) is 5.13. The fraction of sp³-hybridized carbons (Fsp3) is 0.100. The highest BCUT2D eigenvalue weighted by Crippen LogP contribution is 2.25. The van der Waals surface area contributed by atoms with E-state index in [-0.39, 0.29) is 18.3 Å². The first-order valence-corrected chi connectivity index (χ1v) is 10.1. The molecule has 4 rings (SSSR count). The van der Waals surface area contributed by atoms with Crippen molar-refractivity contribution in [1.29, 1.82) is 0 Å². The van der Waals surface area contributed by atoms with E-state index in [1.807, 2.05) is 17.5 Å². The Morgan fingerprint density at radius 1 is 1.21 bits per heavy atom. The molecule has 1 N–H and O–H groups in total. The van der Waals surface area contributed by atoms with Crippen LogP contribution in [0.15, 0.2) is 60.2 Å². The Labute approximate surface area is 174 Å². The quantitative estimate of drug-likeness (QED) is 0.363. The van der Waals surface area contributed by atoms with Crippen molar-refractivity contribution in [2.24, 2.45) is 0 Å². The first-order valence-electron chi connectivity index (χ1n) is 8.68. The summed E-state index contributed by atoms with van der Waals surface area (Å²) in [7, 11) is 0. The summed E-state index contributed by atoms with van der Waals surface area (Å²) >= 11 is 6.90. The molecule has 4 aromatic rings. The summed E-state index contributed by atoms with van der Waals surface area (Å²) in [4.78, 5) is 29.5. The Balaban J connectivity index is 1.67. The zero-order chi connectivity index (χ0) is 20.2. The Hall–Kier alpha value is -3.23. The van der Waals surface area contributed by atoms with Gasteiger partial charge in [0.05, 0.1) is 28.2 Å². The molecule has 0 atom stereocenters. The van der Waals surface area contributed by atoms with Gasteiger partial charge in [0, 0.05) is 17.4 Å². The van der Waals surface area contributed by atoms with Gasteiger partial charge in [0.2, 0.25) is 5.78 Å². The Morgan fingerprint density at radius 2 is 2.10 bits per heavy atom. The number of fused-ring (bicyclic) bond motifs is 1.